The molecule has 0 aliphatic heterocycles. The van der Waals surface area contributed by atoms with E-state index < -0.39 is 0 Å². The van der Waals surface area contributed by atoms with Crippen molar-refractivity contribution in [1.29, 1.82) is 0 Å². The molecule has 0 aromatic heterocycles. The minimum atomic E-state index is -0.192. The lowest BCUT2D eigenvalue weighted by Gasteiger charge is -2.20. The smallest absolute Gasteiger partial charge is 0.127 e. The zero-order chi connectivity index (χ0) is 10.6. The molecule has 1 aromatic rings. The summed E-state index contributed by atoms with van der Waals surface area (Å²) < 4.78 is 13.4. The van der Waals surface area contributed by atoms with Crippen LogP contribution < -0.4 is 5.73 Å². The monoisotopic (exact) mass is 195 g/mol. The van der Waals surface area contributed by atoms with Crippen molar-refractivity contribution in [3.8, 4) is 0 Å². The minimum absolute atomic E-state index is 0.184. The maximum absolute atomic E-state index is 13.4. The molecule has 0 heterocycles. The second-order valence-corrected chi connectivity index (χ2v) is 3.81. The van der Waals surface area contributed by atoms with Crippen molar-refractivity contribution in [2.24, 2.45) is 11.7 Å². The normalized spacial score (nSPS) is 15.1. The van der Waals surface area contributed by atoms with Crippen molar-refractivity contribution < 1.29 is 4.39 Å². The van der Waals surface area contributed by atoms with Gasteiger partial charge in [0, 0.05) is 11.6 Å². The van der Waals surface area contributed by atoms with Gasteiger partial charge < -0.3 is 5.73 Å². The van der Waals surface area contributed by atoms with Gasteiger partial charge in [0.15, 0.2) is 0 Å². The average molecular weight is 195 g/mol. The molecular formula is C12H18FN. The van der Waals surface area contributed by atoms with E-state index in [0.717, 1.165) is 12.8 Å². The Hall–Kier alpha value is -0.890. The van der Waals surface area contributed by atoms with E-state index in [1.54, 1.807) is 12.1 Å². The minimum Gasteiger partial charge on any atom is -0.324 e. The predicted molar refractivity (Wildman–Crippen MR) is 57.4 cm³/mol. The zero-order valence-electron chi connectivity index (χ0n) is 8.83. The fourth-order valence-corrected chi connectivity index (χ4v) is 1.69. The topological polar surface area (TPSA) is 26.0 Å². The van der Waals surface area contributed by atoms with Crippen LogP contribution in [0.25, 0.3) is 0 Å². The first kappa shape index (κ1) is 11.2. The molecule has 0 amide bonds. The molecule has 0 aliphatic rings. The van der Waals surface area contributed by atoms with Gasteiger partial charge in [0.1, 0.15) is 5.82 Å². The van der Waals surface area contributed by atoms with Crippen LogP contribution in [0.15, 0.2) is 24.3 Å². The van der Waals surface area contributed by atoms with Crippen LogP contribution in [0.2, 0.25) is 0 Å². The Morgan fingerprint density at radius 1 is 1.36 bits per heavy atom. The number of benzene rings is 1. The van der Waals surface area contributed by atoms with E-state index >= 15 is 0 Å². The van der Waals surface area contributed by atoms with Crippen molar-refractivity contribution in [3.05, 3.63) is 35.6 Å². The molecule has 2 unspecified atom stereocenters. The first-order valence-corrected chi connectivity index (χ1v) is 5.16. The highest BCUT2D eigenvalue weighted by molar-refractivity contribution is 5.21. The second-order valence-electron chi connectivity index (χ2n) is 3.81. The number of rotatable bonds is 4. The molecule has 78 valence electrons. The summed E-state index contributed by atoms with van der Waals surface area (Å²) in [5.41, 5.74) is 6.62. The first-order chi connectivity index (χ1) is 6.66. The predicted octanol–water partition coefficient (Wildman–Crippen LogP) is 3.26. The third kappa shape index (κ3) is 2.55. The highest BCUT2D eigenvalue weighted by atomic mass is 19.1. The van der Waals surface area contributed by atoms with Gasteiger partial charge in [-0.25, -0.2) is 4.39 Å². The quantitative estimate of drug-likeness (QED) is 0.784. The molecule has 0 fully saturated rings. The van der Waals surface area contributed by atoms with Gasteiger partial charge in [-0.3, -0.25) is 0 Å². The van der Waals surface area contributed by atoms with Gasteiger partial charge in [0.25, 0.3) is 0 Å². The SMILES string of the molecule is CCCC(C)C(N)c1ccccc1F. The van der Waals surface area contributed by atoms with Crippen molar-refractivity contribution in [3.63, 3.8) is 0 Å². The second kappa shape index (κ2) is 5.11. The molecule has 14 heavy (non-hydrogen) atoms. The lowest BCUT2D eigenvalue weighted by atomic mass is 9.91. The van der Waals surface area contributed by atoms with Crippen LogP contribution in [0.5, 0.6) is 0 Å². The van der Waals surface area contributed by atoms with Crippen LogP contribution in [0.1, 0.15) is 38.3 Å². The van der Waals surface area contributed by atoms with Crippen molar-refractivity contribution >= 4 is 0 Å². The van der Waals surface area contributed by atoms with Gasteiger partial charge in [0.2, 0.25) is 0 Å². The molecule has 1 nitrogen and oxygen atoms in total. The van der Waals surface area contributed by atoms with E-state index in [2.05, 4.69) is 13.8 Å². The fraction of sp³-hybridized carbons (Fsp3) is 0.500. The zero-order valence-corrected chi connectivity index (χ0v) is 8.83. The van der Waals surface area contributed by atoms with Gasteiger partial charge in [-0.15, -0.1) is 0 Å². The van der Waals surface area contributed by atoms with E-state index in [0.29, 0.717) is 11.5 Å². The standard InChI is InChI=1S/C12H18FN/c1-3-6-9(2)12(14)10-7-4-5-8-11(10)13/h4-5,7-9,12H,3,6,14H2,1-2H3. The molecule has 0 spiro atoms. The summed E-state index contributed by atoms with van der Waals surface area (Å²) in [7, 11) is 0. The van der Waals surface area contributed by atoms with Crippen LogP contribution in [-0.2, 0) is 0 Å². The Balaban J connectivity index is 2.78. The molecule has 0 saturated carbocycles. The van der Waals surface area contributed by atoms with Crippen LogP contribution in [-0.4, -0.2) is 0 Å². The van der Waals surface area contributed by atoms with E-state index in [1.807, 2.05) is 6.07 Å². The highest BCUT2D eigenvalue weighted by Gasteiger charge is 2.16. The molecule has 1 rings (SSSR count). The van der Waals surface area contributed by atoms with Gasteiger partial charge in [-0.1, -0.05) is 38.5 Å². The molecule has 2 atom stereocenters. The lowest BCUT2D eigenvalue weighted by molar-refractivity contribution is 0.420. The average Bonchev–Trinajstić information content (AvgIpc) is 2.18. The summed E-state index contributed by atoms with van der Waals surface area (Å²) in [5.74, 6) is 0.139. The number of hydrogen-bond donors (Lipinski definition) is 1. The third-order valence-corrected chi connectivity index (χ3v) is 2.62. The van der Waals surface area contributed by atoms with E-state index in [-0.39, 0.29) is 11.9 Å². The third-order valence-electron chi connectivity index (χ3n) is 2.62. The molecule has 0 bridgehead atoms. The van der Waals surface area contributed by atoms with Gasteiger partial charge in [-0.05, 0) is 18.4 Å². The Labute approximate surface area is 85.1 Å². The van der Waals surface area contributed by atoms with Crippen molar-refractivity contribution in [2.75, 3.05) is 0 Å². The van der Waals surface area contributed by atoms with Crippen molar-refractivity contribution in [1.82, 2.24) is 0 Å². The lowest BCUT2D eigenvalue weighted by Crippen LogP contribution is -2.20. The van der Waals surface area contributed by atoms with Crippen LogP contribution in [0.3, 0.4) is 0 Å². The Morgan fingerprint density at radius 3 is 2.57 bits per heavy atom. The Morgan fingerprint density at radius 2 is 2.00 bits per heavy atom. The molecule has 0 aliphatic carbocycles. The summed E-state index contributed by atoms with van der Waals surface area (Å²) in [5, 5.41) is 0. The highest BCUT2D eigenvalue weighted by Crippen LogP contribution is 2.24. The first-order valence-electron chi connectivity index (χ1n) is 5.16. The Bertz CT molecular complexity index is 285. The summed E-state index contributed by atoms with van der Waals surface area (Å²) >= 11 is 0. The van der Waals surface area contributed by atoms with E-state index in [1.165, 1.54) is 6.07 Å². The molecular weight excluding hydrogens is 177 g/mol. The fourth-order valence-electron chi connectivity index (χ4n) is 1.69. The molecule has 2 heteroatoms. The maximum Gasteiger partial charge on any atom is 0.127 e. The van der Waals surface area contributed by atoms with Crippen LogP contribution in [0.4, 0.5) is 4.39 Å². The maximum atomic E-state index is 13.4. The van der Waals surface area contributed by atoms with Gasteiger partial charge >= 0.3 is 0 Å². The number of hydrogen-bond acceptors (Lipinski definition) is 1. The number of nitrogens with two attached hydrogens (primary N) is 1. The largest absolute Gasteiger partial charge is 0.324 e. The van der Waals surface area contributed by atoms with Crippen LogP contribution >= 0.6 is 0 Å². The molecule has 0 radical (unpaired) electrons. The number of halogens is 1. The summed E-state index contributed by atoms with van der Waals surface area (Å²) in [6.07, 6.45) is 2.12. The van der Waals surface area contributed by atoms with Gasteiger partial charge in [0.05, 0.1) is 0 Å². The van der Waals surface area contributed by atoms with Crippen LogP contribution in [0, 0.1) is 11.7 Å². The molecule has 1 aromatic carbocycles. The van der Waals surface area contributed by atoms with Gasteiger partial charge in [-0.2, -0.15) is 0 Å². The molecule has 2 N–H and O–H groups in total. The van der Waals surface area contributed by atoms with E-state index in [9.17, 15) is 4.39 Å². The summed E-state index contributed by atoms with van der Waals surface area (Å²) in [4.78, 5) is 0. The summed E-state index contributed by atoms with van der Waals surface area (Å²) in [6, 6.07) is 6.57. The van der Waals surface area contributed by atoms with Crippen molar-refractivity contribution in [2.45, 2.75) is 32.7 Å². The Kier molecular flexibility index (Phi) is 4.08. The van der Waals surface area contributed by atoms with E-state index in [4.69, 9.17) is 5.73 Å². The molecule has 0 saturated heterocycles. The summed E-state index contributed by atoms with van der Waals surface area (Å²) in [6.45, 7) is 4.19.